The van der Waals surface area contributed by atoms with Crippen molar-refractivity contribution in [2.75, 3.05) is 7.11 Å². The van der Waals surface area contributed by atoms with Crippen LogP contribution in [0.4, 0.5) is 4.79 Å². The highest BCUT2D eigenvalue weighted by atomic mass is 16.7. The zero-order valence-electron chi connectivity index (χ0n) is 23.5. The van der Waals surface area contributed by atoms with Gasteiger partial charge in [-0.05, 0) is 31.0 Å². The fraction of sp³-hybridized carbons (Fsp3) is 0.500. The van der Waals surface area contributed by atoms with Gasteiger partial charge in [-0.15, -0.1) is 0 Å². The smallest absolute Gasteiger partial charge is 0.408 e. The molecule has 226 valence electrons. The monoisotopic (exact) mass is 585 g/mol. The highest BCUT2D eigenvalue weighted by Crippen LogP contribution is 2.35. The molecule has 0 spiro atoms. The van der Waals surface area contributed by atoms with Gasteiger partial charge < -0.3 is 43.6 Å². The molecule has 5 rings (SSSR count). The average molecular weight is 586 g/mol. The summed E-state index contributed by atoms with van der Waals surface area (Å²) >= 11 is 0. The second-order valence-corrected chi connectivity index (χ2v) is 10.4. The van der Waals surface area contributed by atoms with E-state index < -0.39 is 79.2 Å². The van der Waals surface area contributed by atoms with E-state index in [0.717, 1.165) is 5.56 Å². The summed E-state index contributed by atoms with van der Waals surface area (Å²) in [6, 6.07) is 16.9. The molecule has 12 heteroatoms. The summed E-state index contributed by atoms with van der Waals surface area (Å²) in [5.74, 6) is -1.35. The van der Waals surface area contributed by atoms with Crippen LogP contribution in [0.2, 0.25) is 0 Å². The number of hydrogen-bond acceptors (Lipinski definition) is 11. The average Bonchev–Trinajstić information content (AvgIpc) is 3.42. The molecule has 2 N–H and O–H groups in total. The number of aliphatic hydroxyl groups is 1. The summed E-state index contributed by atoms with van der Waals surface area (Å²) in [6.07, 6.45) is -9.66. The van der Waals surface area contributed by atoms with Crippen LogP contribution in [0.5, 0.6) is 0 Å². The molecular weight excluding hydrogens is 550 g/mol. The highest BCUT2D eigenvalue weighted by Gasteiger charge is 2.57. The van der Waals surface area contributed by atoms with Gasteiger partial charge >= 0.3 is 18.0 Å². The number of nitrogens with one attached hydrogen (secondary N) is 1. The predicted octanol–water partition coefficient (Wildman–Crippen LogP) is 2.12. The minimum atomic E-state index is -1.30. The number of carbonyl (C=O) groups excluding carboxylic acids is 3. The second kappa shape index (κ2) is 13.2. The molecule has 3 aliphatic rings. The van der Waals surface area contributed by atoms with Gasteiger partial charge in [0.2, 0.25) is 0 Å². The number of aliphatic hydroxyl groups excluding tert-OH is 1. The van der Waals surface area contributed by atoms with E-state index in [2.05, 4.69) is 5.32 Å². The lowest BCUT2D eigenvalue weighted by Crippen LogP contribution is -2.66. The molecule has 2 aromatic rings. The molecule has 4 unspecified atom stereocenters. The number of fused-ring (bicyclic) bond motifs is 1. The van der Waals surface area contributed by atoms with E-state index in [0.29, 0.717) is 12.0 Å². The van der Waals surface area contributed by atoms with Crippen LogP contribution in [-0.4, -0.2) is 91.4 Å². The summed E-state index contributed by atoms with van der Waals surface area (Å²) < 4.78 is 41.2. The predicted molar refractivity (Wildman–Crippen MR) is 144 cm³/mol. The first kappa shape index (κ1) is 29.9. The van der Waals surface area contributed by atoms with Crippen LogP contribution in [0.3, 0.4) is 0 Å². The van der Waals surface area contributed by atoms with Gasteiger partial charge in [0.1, 0.15) is 24.4 Å². The number of benzene rings is 2. The Bertz CT molecular complexity index is 1230. The summed E-state index contributed by atoms with van der Waals surface area (Å²) in [5.41, 5.74) is 1.15. The largest absolute Gasteiger partial charge is 0.467 e. The van der Waals surface area contributed by atoms with Crippen LogP contribution in [0.1, 0.15) is 36.2 Å². The SMILES string of the molecule is CCC1O[C@@H](O[C@H]2C(C(=O)OC)O[C@@H](C)C(OC(=O)c3ccccc3)[C@@H]2OCc2ccccc2)C2NC(=O)O[C@H]2[C@H]1O. The Morgan fingerprint density at radius 1 is 0.976 bits per heavy atom. The Morgan fingerprint density at radius 2 is 1.67 bits per heavy atom. The Labute approximate surface area is 243 Å². The molecule has 3 fully saturated rings. The molecule has 3 heterocycles. The van der Waals surface area contributed by atoms with Gasteiger partial charge in [-0.25, -0.2) is 14.4 Å². The van der Waals surface area contributed by atoms with E-state index in [4.69, 9.17) is 33.2 Å². The first-order valence-electron chi connectivity index (χ1n) is 13.9. The number of carbonyl (C=O) groups is 3. The van der Waals surface area contributed by atoms with Crippen molar-refractivity contribution in [3.05, 3.63) is 71.8 Å². The fourth-order valence-electron chi connectivity index (χ4n) is 5.46. The number of esters is 2. The van der Waals surface area contributed by atoms with Gasteiger partial charge in [-0.2, -0.15) is 0 Å². The van der Waals surface area contributed by atoms with Crippen molar-refractivity contribution < 1.29 is 52.6 Å². The van der Waals surface area contributed by atoms with Gasteiger partial charge in [-0.1, -0.05) is 55.5 Å². The van der Waals surface area contributed by atoms with Crippen molar-refractivity contribution in [3.63, 3.8) is 0 Å². The maximum Gasteiger partial charge on any atom is 0.408 e. The molecule has 0 aliphatic carbocycles. The van der Waals surface area contributed by atoms with Crippen LogP contribution in [-0.2, 0) is 44.6 Å². The molecule has 0 saturated carbocycles. The van der Waals surface area contributed by atoms with Crippen LogP contribution in [0.25, 0.3) is 0 Å². The van der Waals surface area contributed by atoms with E-state index in [1.54, 1.807) is 37.3 Å². The highest BCUT2D eigenvalue weighted by molar-refractivity contribution is 5.89. The third-order valence-corrected chi connectivity index (χ3v) is 7.64. The first-order valence-corrected chi connectivity index (χ1v) is 13.9. The molecule has 3 saturated heterocycles. The van der Waals surface area contributed by atoms with Crippen molar-refractivity contribution in [2.45, 2.75) is 88.0 Å². The van der Waals surface area contributed by atoms with Gasteiger partial charge in [0.05, 0.1) is 31.5 Å². The number of rotatable bonds is 9. The first-order chi connectivity index (χ1) is 20.3. The molecule has 42 heavy (non-hydrogen) atoms. The third-order valence-electron chi connectivity index (χ3n) is 7.64. The van der Waals surface area contributed by atoms with Crippen molar-refractivity contribution >= 4 is 18.0 Å². The maximum absolute atomic E-state index is 13.2. The minimum Gasteiger partial charge on any atom is -0.467 e. The van der Waals surface area contributed by atoms with E-state index in [1.807, 2.05) is 37.3 Å². The number of methoxy groups -OCH3 is 1. The van der Waals surface area contributed by atoms with E-state index in [-0.39, 0.29) is 6.61 Å². The molecule has 0 aromatic heterocycles. The summed E-state index contributed by atoms with van der Waals surface area (Å²) in [4.78, 5) is 38.3. The summed E-state index contributed by atoms with van der Waals surface area (Å²) in [7, 11) is 1.22. The zero-order valence-corrected chi connectivity index (χ0v) is 23.5. The lowest BCUT2D eigenvalue weighted by atomic mass is 9.93. The molecule has 0 bridgehead atoms. The number of amides is 1. The van der Waals surface area contributed by atoms with E-state index >= 15 is 0 Å². The van der Waals surface area contributed by atoms with Gasteiger partial charge in [0, 0.05) is 0 Å². The normalized spacial score (nSPS) is 34.0. The van der Waals surface area contributed by atoms with Gasteiger partial charge in [0.25, 0.3) is 0 Å². The van der Waals surface area contributed by atoms with Gasteiger partial charge in [0.15, 0.2) is 24.6 Å². The lowest BCUT2D eigenvalue weighted by molar-refractivity contribution is -0.314. The fourth-order valence-corrected chi connectivity index (χ4v) is 5.46. The van der Waals surface area contributed by atoms with Crippen molar-refractivity contribution in [3.8, 4) is 0 Å². The van der Waals surface area contributed by atoms with Crippen molar-refractivity contribution in [1.82, 2.24) is 5.32 Å². The van der Waals surface area contributed by atoms with Crippen LogP contribution < -0.4 is 5.32 Å². The Morgan fingerprint density at radius 3 is 2.33 bits per heavy atom. The quantitative estimate of drug-likeness (QED) is 0.329. The van der Waals surface area contributed by atoms with Crippen LogP contribution in [0.15, 0.2) is 60.7 Å². The molecule has 0 radical (unpaired) electrons. The Balaban J connectivity index is 1.48. The van der Waals surface area contributed by atoms with Crippen molar-refractivity contribution in [2.24, 2.45) is 0 Å². The maximum atomic E-state index is 13.2. The van der Waals surface area contributed by atoms with Crippen molar-refractivity contribution in [1.29, 1.82) is 0 Å². The Hall–Kier alpha value is -3.55. The number of hydrogen-bond donors (Lipinski definition) is 2. The number of alkyl carbamates (subject to hydrolysis) is 1. The molecule has 1 amide bonds. The summed E-state index contributed by atoms with van der Waals surface area (Å²) in [5, 5.41) is 13.3. The standard InChI is InChI=1S/C30H35NO11/c1-4-19-21(32)23-20(31-30(35)42-23)29(39-19)41-25-24(37-15-17-11-7-5-8-12-17)22(16(2)38-26(25)28(34)36-3)40-27(33)18-13-9-6-10-14-18/h5-14,16,19-26,29,32H,4,15H2,1-3H3,(H,31,35)/t16-,19?,20?,21-,22?,23+,24-,25+,26?,29-/m0/s1. The second-order valence-electron chi connectivity index (χ2n) is 10.4. The topological polar surface area (TPSA) is 148 Å². The zero-order chi connectivity index (χ0) is 29.8. The van der Waals surface area contributed by atoms with Crippen LogP contribution in [0, 0.1) is 0 Å². The van der Waals surface area contributed by atoms with E-state index in [1.165, 1.54) is 7.11 Å². The van der Waals surface area contributed by atoms with Crippen LogP contribution >= 0.6 is 0 Å². The molecule has 12 nitrogen and oxygen atoms in total. The molecule has 2 aromatic carbocycles. The third kappa shape index (κ3) is 6.27. The summed E-state index contributed by atoms with van der Waals surface area (Å²) in [6.45, 7) is 3.57. The molecular formula is C30H35NO11. The van der Waals surface area contributed by atoms with Gasteiger partial charge in [-0.3, -0.25) is 0 Å². The molecule has 10 atom stereocenters. The number of ether oxygens (including phenoxy) is 7. The minimum absolute atomic E-state index is 0.0963. The van der Waals surface area contributed by atoms with E-state index in [9.17, 15) is 19.5 Å². The lowest BCUT2D eigenvalue weighted by Gasteiger charge is -2.47. The molecule has 3 aliphatic heterocycles. The Kier molecular flexibility index (Phi) is 9.39.